The van der Waals surface area contributed by atoms with Gasteiger partial charge in [0.05, 0.1) is 28.5 Å². The van der Waals surface area contributed by atoms with Crippen LogP contribution in [0.25, 0.3) is 33.4 Å². The van der Waals surface area contributed by atoms with Gasteiger partial charge in [-0.05, 0) is 52.0 Å². The third-order valence-corrected chi connectivity index (χ3v) is 8.77. The Morgan fingerprint density at radius 1 is 0.685 bits per heavy atom. The van der Waals surface area contributed by atoms with Gasteiger partial charge < -0.3 is 10.6 Å². The Morgan fingerprint density at radius 2 is 1.19 bits per heavy atom. The highest BCUT2D eigenvalue weighted by atomic mass is 35.5. The van der Waals surface area contributed by atoms with E-state index in [-0.39, 0.29) is 44.8 Å². The van der Waals surface area contributed by atoms with Crippen molar-refractivity contribution < 1.29 is 9.59 Å². The molecular formula is C40H36ClN9O4. The molecule has 0 radical (unpaired) electrons. The molecule has 3 aromatic carbocycles. The Morgan fingerprint density at radius 3 is 1.67 bits per heavy atom. The molecule has 0 spiro atoms. The van der Waals surface area contributed by atoms with Crippen molar-refractivity contribution in [2.75, 3.05) is 10.6 Å². The van der Waals surface area contributed by atoms with Crippen LogP contribution in [0.4, 0.5) is 22.7 Å². The highest BCUT2D eigenvalue weighted by Crippen LogP contribution is 2.31. The molecule has 0 unspecified atom stereocenters. The van der Waals surface area contributed by atoms with Crippen LogP contribution in [0.2, 0.25) is 5.15 Å². The number of Topliss-reactive ketones (excluding diaryl/α,β-unsaturated/α-hetero) is 2. The Labute approximate surface area is 314 Å². The van der Waals surface area contributed by atoms with E-state index < -0.39 is 5.56 Å². The van der Waals surface area contributed by atoms with E-state index in [2.05, 4.69) is 36.0 Å². The van der Waals surface area contributed by atoms with Gasteiger partial charge in [0.15, 0.2) is 16.7 Å². The number of nitrogens with one attached hydrogen (secondary N) is 3. The summed E-state index contributed by atoms with van der Waals surface area (Å²) in [7, 11) is 0. The topological polar surface area (TPSA) is 170 Å². The highest BCUT2D eigenvalue weighted by Gasteiger charge is 2.24. The van der Waals surface area contributed by atoms with Crippen molar-refractivity contribution in [2.24, 2.45) is 0 Å². The molecule has 0 bridgehead atoms. The second-order valence-electron chi connectivity index (χ2n) is 12.0. The van der Waals surface area contributed by atoms with Crippen LogP contribution in [0.15, 0.2) is 113 Å². The van der Waals surface area contributed by atoms with Gasteiger partial charge in [-0.2, -0.15) is 15.3 Å². The van der Waals surface area contributed by atoms with Gasteiger partial charge in [-0.15, -0.1) is 0 Å². The number of ketones is 2. The number of aromatic nitrogens is 7. The number of rotatable bonds is 10. The summed E-state index contributed by atoms with van der Waals surface area (Å²) in [5.41, 5.74) is 4.57. The van der Waals surface area contributed by atoms with E-state index in [0.29, 0.717) is 35.9 Å². The number of aromatic amines is 1. The highest BCUT2D eigenvalue weighted by molar-refractivity contribution is 6.32. The Hall–Kier alpha value is -6.73. The minimum absolute atomic E-state index is 0.142. The molecule has 3 N–H and O–H groups in total. The van der Waals surface area contributed by atoms with Crippen molar-refractivity contribution in [3.05, 3.63) is 140 Å². The number of aryl methyl sites for hydroxylation is 2. The zero-order valence-corrected chi connectivity index (χ0v) is 30.7. The number of fused-ring (bicyclic) bond motifs is 1. The number of nitrogens with zero attached hydrogens (tertiary/aromatic N) is 6. The van der Waals surface area contributed by atoms with Crippen molar-refractivity contribution in [2.45, 2.75) is 40.8 Å². The van der Waals surface area contributed by atoms with Crippen LogP contribution in [-0.2, 0) is 13.1 Å². The van der Waals surface area contributed by atoms with Crippen LogP contribution < -0.4 is 21.8 Å². The summed E-state index contributed by atoms with van der Waals surface area (Å²) < 4.78 is 2.69. The SMILES string of the molecule is CCn1nc(-c2ccccc2)c(C(C)=O)c(Nc2cccc3[nH]ncc23)c1=O.CCn1nc(-c2ccccc2)c(C(C)=O)c(Nc2cccnc2Cl)c1=O. The van der Waals surface area contributed by atoms with Crippen LogP contribution in [0.5, 0.6) is 0 Å². The first kappa shape index (κ1) is 37.0. The van der Waals surface area contributed by atoms with E-state index in [1.165, 1.54) is 23.2 Å². The van der Waals surface area contributed by atoms with E-state index in [4.69, 9.17) is 11.6 Å². The molecule has 0 aliphatic rings. The number of hydrogen-bond acceptors (Lipinski definition) is 10. The number of carbonyl (C=O) groups is 2. The molecule has 14 heteroatoms. The lowest BCUT2D eigenvalue weighted by atomic mass is 10.0. The predicted molar refractivity (Wildman–Crippen MR) is 211 cm³/mol. The summed E-state index contributed by atoms with van der Waals surface area (Å²) in [6.45, 7) is 7.28. The van der Waals surface area contributed by atoms with Crippen LogP contribution >= 0.6 is 11.6 Å². The Balaban J connectivity index is 0.000000185. The molecule has 13 nitrogen and oxygen atoms in total. The number of benzene rings is 3. The average molecular weight is 742 g/mol. The molecule has 0 aliphatic carbocycles. The van der Waals surface area contributed by atoms with Crippen LogP contribution in [0.1, 0.15) is 48.4 Å². The lowest BCUT2D eigenvalue weighted by molar-refractivity contribution is 0.101. The second kappa shape index (κ2) is 16.3. The molecule has 0 atom stereocenters. The number of halogens is 1. The number of hydrogen-bond donors (Lipinski definition) is 3. The lowest BCUT2D eigenvalue weighted by Gasteiger charge is -2.16. The Kier molecular flexibility index (Phi) is 11.2. The molecule has 272 valence electrons. The molecule has 0 saturated carbocycles. The summed E-state index contributed by atoms with van der Waals surface area (Å²) >= 11 is 6.11. The molecule has 0 aliphatic heterocycles. The fourth-order valence-electron chi connectivity index (χ4n) is 5.91. The van der Waals surface area contributed by atoms with Crippen LogP contribution in [0, 0.1) is 0 Å². The third kappa shape index (κ3) is 7.57. The minimum Gasteiger partial charge on any atom is -0.350 e. The number of carbonyl (C=O) groups excluding carboxylic acids is 2. The largest absolute Gasteiger partial charge is 0.350 e. The molecular weight excluding hydrogens is 706 g/mol. The maximum absolute atomic E-state index is 13.0. The summed E-state index contributed by atoms with van der Waals surface area (Å²) in [6, 6.07) is 27.7. The fourth-order valence-corrected chi connectivity index (χ4v) is 6.08. The molecule has 0 amide bonds. The van der Waals surface area contributed by atoms with Crippen molar-refractivity contribution in [3.63, 3.8) is 0 Å². The predicted octanol–water partition coefficient (Wildman–Crippen LogP) is 7.68. The lowest BCUT2D eigenvalue weighted by Crippen LogP contribution is -2.28. The summed E-state index contributed by atoms with van der Waals surface area (Å²) in [4.78, 5) is 54.9. The standard InChI is InChI=1S/C21H19N5O2.C19H17ClN4O2/c1-3-26-21(28)20(23-16-10-7-11-17-15(16)12-22-24-17)18(13(2)27)19(25-26)14-8-5-4-6-9-14;1-3-24-19(26)17(22-14-10-7-11-21-18(14)20)15(12(2)25)16(23-24)13-8-5-4-6-9-13/h4-12,23H,3H2,1-2H3,(H,22,24);4-11,22H,3H2,1-2H3. The molecule has 54 heavy (non-hydrogen) atoms. The monoisotopic (exact) mass is 741 g/mol. The molecule has 4 aromatic heterocycles. The van der Waals surface area contributed by atoms with Gasteiger partial charge in [0, 0.05) is 41.5 Å². The van der Waals surface area contributed by atoms with Gasteiger partial charge >= 0.3 is 0 Å². The van der Waals surface area contributed by atoms with Crippen LogP contribution in [-0.4, -0.2) is 46.3 Å². The molecule has 0 saturated heterocycles. The average Bonchev–Trinajstić information content (AvgIpc) is 3.68. The van der Waals surface area contributed by atoms with Crippen molar-refractivity contribution >= 4 is 56.8 Å². The summed E-state index contributed by atoms with van der Waals surface area (Å²) in [6.07, 6.45) is 3.23. The van der Waals surface area contributed by atoms with E-state index in [1.54, 1.807) is 24.5 Å². The maximum atomic E-state index is 13.0. The van der Waals surface area contributed by atoms with E-state index in [9.17, 15) is 19.2 Å². The molecule has 7 rings (SSSR count). The number of anilines is 4. The second-order valence-corrected chi connectivity index (χ2v) is 12.4. The van der Waals surface area contributed by atoms with Crippen molar-refractivity contribution in [3.8, 4) is 22.5 Å². The third-order valence-electron chi connectivity index (χ3n) is 8.47. The zero-order chi connectivity index (χ0) is 38.4. The summed E-state index contributed by atoms with van der Waals surface area (Å²) in [5, 5.41) is 23.0. The first-order chi connectivity index (χ1) is 26.1. The molecule has 4 heterocycles. The molecule has 0 fully saturated rings. The first-order valence-corrected chi connectivity index (χ1v) is 17.5. The quantitative estimate of drug-likeness (QED) is 0.0934. The maximum Gasteiger partial charge on any atom is 0.291 e. The van der Waals surface area contributed by atoms with Gasteiger partial charge in [0.2, 0.25) is 0 Å². The minimum atomic E-state index is -0.391. The molecule has 7 aromatic rings. The number of H-pyrrole nitrogens is 1. The fraction of sp³-hybridized carbons (Fsp3) is 0.150. The van der Waals surface area contributed by atoms with Gasteiger partial charge in [-0.3, -0.25) is 24.3 Å². The van der Waals surface area contributed by atoms with E-state index >= 15 is 0 Å². The zero-order valence-electron chi connectivity index (χ0n) is 29.9. The summed E-state index contributed by atoms with van der Waals surface area (Å²) in [5.74, 6) is -0.493. The smallest absolute Gasteiger partial charge is 0.291 e. The van der Waals surface area contributed by atoms with Crippen molar-refractivity contribution in [1.82, 2.24) is 34.7 Å². The normalized spacial score (nSPS) is 10.8. The first-order valence-electron chi connectivity index (χ1n) is 17.1. The van der Waals surface area contributed by atoms with E-state index in [0.717, 1.165) is 22.0 Å². The van der Waals surface area contributed by atoms with Crippen molar-refractivity contribution in [1.29, 1.82) is 0 Å². The van der Waals surface area contributed by atoms with Gasteiger partial charge in [0.1, 0.15) is 22.8 Å². The number of pyridine rings is 1. The van der Waals surface area contributed by atoms with Crippen LogP contribution in [0.3, 0.4) is 0 Å². The van der Waals surface area contributed by atoms with Gasteiger partial charge in [-0.25, -0.2) is 14.3 Å². The van der Waals surface area contributed by atoms with Gasteiger partial charge in [-0.1, -0.05) is 78.3 Å². The Bertz CT molecular complexity index is 2600. The van der Waals surface area contributed by atoms with Gasteiger partial charge in [0.25, 0.3) is 11.1 Å². The van der Waals surface area contributed by atoms with E-state index in [1.807, 2.05) is 92.7 Å².